The van der Waals surface area contributed by atoms with Crippen LogP contribution >= 0.6 is 0 Å². The molecule has 0 saturated carbocycles. The summed E-state index contributed by atoms with van der Waals surface area (Å²) in [6.45, 7) is 3.77. The maximum absolute atomic E-state index is 13.0. The third-order valence-corrected chi connectivity index (χ3v) is 4.86. The van der Waals surface area contributed by atoms with Crippen LogP contribution in [0.3, 0.4) is 0 Å². The number of carbonyl (C=O) groups is 1. The number of carbonyl (C=O) groups excluding carboxylic acids is 1. The summed E-state index contributed by atoms with van der Waals surface area (Å²) in [6, 6.07) is 9.38. The first-order chi connectivity index (χ1) is 13.6. The van der Waals surface area contributed by atoms with Gasteiger partial charge in [0.05, 0.1) is 41.0 Å². The molecule has 0 aliphatic heterocycles. The maximum atomic E-state index is 13.0. The molecule has 0 saturated heterocycles. The largest absolute Gasteiger partial charge is 0.472 e. The van der Waals surface area contributed by atoms with Gasteiger partial charge >= 0.3 is 0 Å². The van der Waals surface area contributed by atoms with Gasteiger partial charge in [0.25, 0.3) is 5.91 Å². The van der Waals surface area contributed by atoms with E-state index >= 15 is 0 Å². The Kier molecular flexibility index (Phi) is 3.51. The Balaban J connectivity index is 1.53. The number of nitrogens with zero attached hydrogens (tertiary/aromatic N) is 4. The van der Waals surface area contributed by atoms with Crippen LogP contribution in [0.4, 0.5) is 5.69 Å². The number of fused-ring (bicyclic) bond motifs is 2. The monoisotopic (exact) mass is 372 g/mol. The summed E-state index contributed by atoms with van der Waals surface area (Å²) >= 11 is 0. The topological polar surface area (TPSA) is 101 Å². The van der Waals surface area contributed by atoms with Crippen molar-refractivity contribution in [1.29, 1.82) is 0 Å². The van der Waals surface area contributed by atoms with Gasteiger partial charge in [0.15, 0.2) is 0 Å². The van der Waals surface area contributed by atoms with Crippen LogP contribution in [-0.2, 0) is 0 Å². The molecule has 0 atom stereocenters. The summed E-state index contributed by atoms with van der Waals surface area (Å²) in [4.78, 5) is 13.0. The second-order valence-electron chi connectivity index (χ2n) is 6.66. The molecule has 2 N–H and O–H groups in total. The van der Waals surface area contributed by atoms with Crippen LogP contribution in [0.2, 0.25) is 0 Å². The van der Waals surface area contributed by atoms with Crippen molar-refractivity contribution in [2.75, 3.05) is 5.32 Å². The van der Waals surface area contributed by atoms with Gasteiger partial charge in [0.2, 0.25) is 0 Å². The first-order valence-corrected chi connectivity index (χ1v) is 8.74. The smallest absolute Gasteiger partial charge is 0.257 e. The predicted molar refractivity (Wildman–Crippen MR) is 104 cm³/mol. The molecule has 138 valence electrons. The minimum atomic E-state index is -0.194. The SMILES string of the molecule is Cc1cc2cnnn2c(C)c1C(=O)Nc1ccc2[nH]nc(-c3ccoc3)c2c1. The van der Waals surface area contributed by atoms with Gasteiger partial charge < -0.3 is 9.73 Å². The number of amides is 1. The van der Waals surface area contributed by atoms with Crippen molar-refractivity contribution in [2.45, 2.75) is 13.8 Å². The van der Waals surface area contributed by atoms with E-state index in [9.17, 15) is 4.79 Å². The predicted octanol–water partition coefficient (Wildman–Crippen LogP) is 3.73. The summed E-state index contributed by atoms with van der Waals surface area (Å²) in [6.07, 6.45) is 4.92. The number of hydrogen-bond acceptors (Lipinski definition) is 5. The highest BCUT2D eigenvalue weighted by molar-refractivity contribution is 6.07. The van der Waals surface area contributed by atoms with E-state index in [4.69, 9.17) is 4.42 Å². The molecule has 4 heterocycles. The van der Waals surface area contributed by atoms with Gasteiger partial charge in [0.1, 0.15) is 5.69 Å². The van der Waals surface area contributed by atoms with E-state index in [1.165, 1.54) is 0 Å². The van der Waals surface area contributed by atoms with Crippen molar-refractivity contribution in [3.63, 3.8) is 0 Å². The number of furan rings is 1. The van der Waals surface area contributed by atoms with Crippen molar-refractivity contribution in [1.82, 2.24) is 25.0 Å². The summed E-state index contributed by atoms with van der Waals surface area (Å²) in [5.41, 5.74) is 6.26. The molecule has 5 aromatic rings. The van der Waals surface area contributed by atoms with E-state index in [1.54, 1.807) is 23.2 Å². The lowest BCUT2D eigenvalue weighted by atomic mass is 10.1. The first kappa shape index (κ1) is 16.2. The molecule has 4 aromatic heterocycles. The second kappa shape index (κ2) is 6.05. The zero-order valence-electron chi connectivity index (χ0n) is 15.2. The third-order valence-electron chi connectivity index (χ3n) is 4.86. The Bertz CT molecular complexity index is 1330. The van der Waals surface area contributed by atoms with E-state index in [1.807, 2.05) is 44.2 Å². The quantitative estimate of drug-likeness (QED) is 0.502. The van der Waals surface area contributed by atoms with E-state index in [-0.39, 0.29) is 5.91 Å². The number of H-pyrrole nitrogens is 1. The molecule has 0 aliphatic rings. The molecule has 0 spiro atoms. The molecule has 28 heavy (non-hydrogen) atoms. The van der Waals surface area contributed by atoms with Crippen molar-refractivity contribution in [3.8, 4) is 11.3 Å². The number of anilines is 1. The lowest BCUT2D eigenvalue weighted by Gasteiger charge is -2.12. The molecule has 0 aliphatic carbocycles. The fourth-order valence-electron chi connectivity index (χ4n) is 3.54. The van der Waals surface area contributed by atoms with Crippen molar-refractivity contribution < 1.29 is 9.21 Å². The summed E-state index contributed by atoms with van der Waals surface area (Å²) in [5.74, 6) is -0.194. The molecule has 5 rings (SSSR count). The maximum Gasteiger partial charge on any atom is 0.257 e. The van der Waals surface area contributed by atoms with Crippen LogP contribution < -0.4 is 5.32 Å². The van der Waals surface area contributed by atoms with Crippen LogP contribution in [0.5, 0.6) is 0 Å². The Morgan fingerprint density at radius 3 is 2.93 bits per heavy atom. The average molecular weight is 372 g/mol. The molecule has 8 heteroatoms. The summed E-state index contributed by atoms with van der Waals surface area (Å²) in [7, 11) is 0. The molecule has 8 nitrogen and oxygen atoms in total. The van der Waals surface area contributed by atoms with Crippen molar-refractivity contribution >= 4 is 28.0 Å². The first-order valence-electron chi connectivity index (χ1n) is 8.74. The molecule has 0 bridgehead atoms. The van der Waals surface area contributed by atoms with Crippen LogP contribution in [-0.4, -0.2) is 30.9 Å². The van der Waals surface area contributed by atoms with Gasteiger partial charge in [-0.2, -0.15) is 5.10 Å². The zero-order chi connectivity index (χ0) is 19.3. The Hall–Kier alpha value is -3.94. The Morgan fingerprint density at radius 2 is 2.11 bits per heavy atom. The average Bonchev–Trinajstić information content (AvgIpc) is 3.41. The van der Waals surface area contributed by atoms with Crippen molar-refractivity contribution in [3.05, 3.63) is 65.9 Å². The van der Waals surface area contributed by atoms with Gasteiger partial charge in [0, 0.05) is 16.6 Å². The molecular formula is C20H16N6O2. The molecule has 1 amide bonds. The van der Waals surface area contributed by atoms with Gasteiger partial charge in [-0.15, -0.1) is 5.10 Å². The van der Waals surface area contributed by atoms with Gasteiger partial charge in [-0.05, 0) is 49.7 Å². The fraction of sp³-hybridized carbons (Fsp3) is 0.100. The molecular weight excluding hydrogens is 356 g/mol. The van der Waals surface area contributed by atoms with Gasteiger partial charge in [-0.1, -0.05) is 5.21 Å². The Labute approximate surface area is 159 Å². The zero-order valence-corrected chi connectivity index (χ0v) is 15.2. The third kappa shape index (κ3) is 2.46. The van der Waals surface area contributed by atoms with Gasteiger partial charge in [-0.25, -0.2) is 4.52 Å². The number of aromatic amines is 1. The summed E-state index contributed by atoms with van der Waals surface area (Å²) < 4.78 is 6.82. The number of nitrogens with one attached hydrogen (secondary N) is 2. The van der Waals surface area contributed by atoms with Crippen LogP contribution in [0.15, 0.2) is 53.5 Å². The number of hydrogen-bond donors (Lipinski definition) is 2. The molecule has 1 aromatic carbocycles. The number of aromatic nitrogens is 5. The van der Waals surface area contributed by atoms with Gasteiger partial charge in [-0.3, -0.25) is 9.89 Å². The van der Waals surface area contributed by atoms with Crippen LogP contribution in [0, 0.1) is 13.8 Å². The number of benzene rings is 1. The lowest BCUT2D eigenvalue weighted by Crippen LogP contribution is -2.17. The second-order valence-corrected chi connectivity index (χ2v) is 6.66. The number of rotatable bonds is 3. The normalized spacial score (nSPS) is 11.4. The fourth-order valence-corrected chi connectivity index (χ4v) is 3.54. The highest BCUT2D eigenvalue weighted by Gasteiger charge is 2.17. The molecule has 0 radical (unpaired) electrons. The highest BCUT2D eigenvalue weighted by Crippen LogP contribution is 2.29. The highest BCUT2D eigenvalue weighted by atomic mass is 16.3. The molecule has 0 fully saturated rings. The standard InChI is InChI=1S/C20H16N6O2/c1-11-7-15-9-21-25-26(15)12(2)18(11)20(27)22-14-3-4-17-16(8-14)19(24-23-17)13-5-6-28-10-13/h3-10H,1-2H3,(H,22,27)(H,23,24). The van der Waals surface area contributed by atoms with E-state index < -0.39 is 0 Å². The van der Waals surface area contributed by atoms with Crippen LogP contribution in [0.1, 0.15) is 21.6 Å². The number of pyridine rings is 1. The lowest BCUT2D eigenvalue weighted by molar-refractivity contribution is 0.102. The molecule has 0 unspecified atom stereocenters. The summed E-state index contributed by atoms with van der Waals surface area (Å²) in [5, 5.41) is 19.2. The minimum absolute atomic E-state index is 0.194. The number of aryl methyl sites for hydroxylation is 2. The Morgan fingerprint density at radius 1 is 1.21 bits per heavy atom. The van der Waals surface area contributed by atoms with E-state index in [0.717, 1.165) is 38.9 Å². The van der Waals surface area contributed by atoms with E-state index in [2.05, 4.69) is 25.8 Å². The van der Waals surface area contributed by atoms with Crippen molar-refractivity contribution in [2.24, 2.45) is 0 Å². The van der Waals surface area contributed by atoms with Crippen LogP contribution in [0.25, 0.3) is 27.7 Å². The minimum Gasteiger partial charge on any atom is -0.472 e. The van der Waals surface area contributed by atoms with E-state index in [0.29, 0.717) is 11.3 Å².